The molecule has 0 saturated heterocycles. The number of amides is 1. The Morgan fingerprint density at radius 3 is 2.63 bits per heavy atom. The number of rotatable bonds is 10. The molecule has 0 aromatic heterocycles. The van der Waals surface area contributed by atoms with Crippen molar-refractivity contribution in [3.63, 3.8) is 0 Å². The molecule has 0 radical (unpaired) electrons. The highest BCUT2D eigenvalue weighted by molar-refractivity contribution is 5.77. The summed E-state index contributed by atoms with van der Waals surface area (Å²) in [5.74, 6) is 0.0447. The minimum atomic E-state index is -0.574. The Bertz CT molecular complexity index is 767. The van der Waals surface area contributed by atoms with E-state index in [-0.39, 0.29) is 24.0 Å². The molecule has 8 nitrogen and oxygen atoms in total. The number of benzene rings is 2. The molecule has 0 heterocycles. The van der Waals surface area contributed by atoms with E-state index in [4.69, 9.17) is 9.47 Å². The van der Waals surface area contributed by atoms with Gasteiger partial charge in [0.1, 0.15) is 5.75 Å². The largest absolute Gasteiger partial charge is 0.496 e. The van der Waals surface area contributed by atoms with Crippen molar-refractivity contribution in [2.75, 3.05) is 38.8 Å². The van der Waals surface area contributed by atoms with Crippen LogP contribution in [0.2, 0.25) is 0 Å². The minimum absolute atomic E-state index is 0.0276. The monoisotopic (exact) mass is 373 g/mol. The molecule has 0 atom stereocenters. The number of nitrogens with zero attached hydrogens (tertiary/aromatic N) is 2. The first-order valence-corrected chi connectivity index (χ1v) is 8.49. The van der Waals surface area contributed by atoms with E-state index in [1.54, 1.807) is 6.07 Å². The molecule has 0 bridgehead atoms. The predicted octanol–water partition coefficient (Wildman–Crippen LogP) is 2.62. The third-order valence-corrected chi connectivity index (χ3v) is 3.91. The lowest BCUT2D eigenvalue weighted by molar-refractivity contribution is -0.385. The highest BCUT2D eigenvalue weighted by atomic mass is 16.6. The van der Waals surface area contributed by atoms with Gasteiger partial charge in [-0.25, -0.2) is 0 Å². The summed E-state index contributed by atoms with van der Waals surface area (Å²) in [7, 11) is 3.41. The molecule has 8 heteroatoms. The van der Waals surface area contributed by atoms with Crippen LogP contribution in [-0.2, 0) is 4.79 Å². The normalized spacial score (nSPS) is 10.1. The smallest absolute Gasteiger partial charge is 0.314 e. The Morgan fingerprint density at radius 2 is 1.96 bits per heavy atom. The van der Waals surface area contributed by atoms with Gasteiger partial charge < -0.3 is 19.7 Å². The zero-order valence-electron chi connectivity index (χ0n) is 15.4. The molecule has 0 spiro atoms. The third kappa shape index (κ3) is 6.18. The van der Waals surface area contributed by atoms with Crippen molar-refractivity contribution in [1.29, 1.82) is 0 Å². The van der Waals surface area contributed by atoms with Gasteiger partial charge in [0.05, 0.1) is 18.1 Å². The van der Waals surface area contributed by atoms with Gasteiger partial charge >= 0.3 is 5.69 Å². The number of nitrogens with one attached hydrogen (secondary N) is 1. The second-order valence-corrected chi connectivity index (χ2v) is 5.84. The average molecular weight is 373 g/mol. The number of anilines is 1. The lowest BCUT2D eigenvalue weighted by atomic mass is 10.3. The van der Waals surface area contributed by atoms with Crippen LogP contribution in [0.3, 0.4) is 0 Å². The van der Waals surface area contributed by atoms with Crippen LogP contribution >= 0.6 is 0 Å². The number of nitro benzene ring substituents is 1. The van der Waals surface area contributed by atoms with E-state index < -0.39 is 4.92 Å². The molecule has 27 heavy (non-hydrogen) atoms. The maximum absolute atomic E-state index is 11.9. The summed E-state index contributed by atoms with van der Waals surface area (Å²) >= 11 is 0. The summed E-state index contributed by atoms with van der Waals surface area (Å²) < 4.78 is 10.2. The first-order valence-electron chi connectivity index (χ1n) is 8.49. The van der Waals surface area contributed by atoms with Crippen molar-refractivity contribution in [1.82, 2.24) is 5.32 Å². The van der Waals surface area contributed by atoms with Gasteiger partial charge in [0.25, 0.3) is 5.91 Å². The Hall–Kier alpha value is -3.29. The van der Waals surface area contributed by atoms with Crippen molar-refractivity contribution < 1.29 is 19.2 Å². The summed E-state index contributed by atoms with van der Waals surface area (Å²) in [5.41, 5.74) is 0.866. The number of ether oxygens (including phenoxy) is 2. The Labute approximate surface area is 157 Å². The summed E-state index contributed by atoms with van der Waals surface area (Å²) in [6.45, 7) is 0.987. The van der Waals surface area contributed by atoms with Crippen LogP contribution in [-0.4, -0.2) is 44.7 Å². The van der Waals surface area contributed by atoms with Crippen LogP contribution in [0.1, 0.15) is 6.42 Å². The van der Waals surface area contributed by atoms with E-state index in [2.05, 4.69) is 10.2 Å². The first kappa shape index (κ1) is 20.0. The molecule has 1 amide bonds. The minimum Gasteiger partial charge on any atom is -0.496 e. The summed E-state index contributed by atoms with van der Waals surface area (Å²) in [4.78, 5) is 24.5. The highest BCUT2D eigenvalue weighted by Gasteiger charge is 2.17. The van der Waals surface area contributed by atoms with E-state index in [0.717, 1.165) is 18.7 Å². The van der Waals surface area contributed by atoms with Gasteiger partial charge in [0.2, 0.25) is 0 Å². The molecule has 0 saturated carbocycles. The number of carbonyl (C=O) groups is 1. The number of carbonyl (C=O) groups excluding carboxylic acids is 1. The number of methoxy groups -OCH3 is 1. The first-order chi connectivity index (χ1) is 13.0. The zero-order chi connectivity index (χ0) is 19.6. The molecule has 144 valence electrons. The fourth-order valence-electron chi connectivity index (χ4n) is 2.44. The highest BCUT2D eigenvalue weighted by Crippen LogP contribution is 2.30. The molecular formula is C19H23N3O5. The molecule has 2 aromatic carbocycles. The molecule has 0 unspecified atom stereocenters. The van der Waals surface area contributed by atoms with Gasteiger partial charge in [-0.3, -0.25) is 14.9 Å². The van der Waals surface area contributed by atoms with Crippen LogP contribution in [0.25, 0.3) is 0 Å². The quantitative estimate of drug-likeness (QED) is 0.391. The zero-order valence-corrected chi connectivity index (χ0v) is 15.4. The van der Waals surface area contributed by atoms with Crippen molar-refractivity contribution in [3.8, 4) is 11.5 Å². The third-order valence-electron chi connectivity index (χ3n) is 3.91. The van der Waals surface area contributed by atoms with Gasteiger partial charge in [-0.1, -0.05) is 18.2 Å². The van der Waals surface area contributed by atoms with Crippen LogP contribution in [0.5, 0.6) is 11.5 Å². The molecule has 2 rings (SSSR count). The van der Waals surface area contributed by atoms with Gasteiger partial charge in [-0.05, 0) is 30.7 Å². The van der Waals surface area contributed by atoms with Crippen molar-refractivity contribution in [2.45, 2.75) is 6.42 Å². The Morgan fingerprint density at radius 1 is 1.22 bits per heavy atom. The van der Waals surface area contributed by atoms with Gasteiger partial charge in [0, 0.05) is 25.8 Å². The van der Waals surface area contributed by atoms with Gasteiger partial charge in [0.15, 0.2) is 12.4 Å². The van der Waals surface area contributed by atoms with E-state index in [1.807, 2.05) is 37.4 Å². The Balaban J connectivity index is 1.74. The number of hydrogen-bond donors (Lipinski definition) is 1. The molecule has 0 aliphatic heterocycles. The topological polar surface area (TPSA) is 93.9 Å². The fraction of sp³-hybridized carbons (Fsp3) is 0.316. The van der Waals surface area contributed by atoms with E-state index in [0.29, 0.717) is 12.3 Å². The maximum Gasteiger partial charge on any atom is 0.314 e. The fourth-order valence-corrected chi connectivity index (χ4v) is 2.44. The average Bonchev–Trinajstić information content (AvgIpc) is 2.69. The summed E-state index contributed by atoms with van der Waals surface area (Å²) in [5, 5.41) is 13.8. The SMILES string of the molecule is COc1ccc(OCC(=O)NCCCN(C)c2ccccc2)c([N+](=O)[O-])c1. The maximum atomic E-state index is 11.9. The van der Waals surface area contributed by atoms with Gasteiger partial charge in [-0.15, -0.1) is 0 Å². The van der Waals surface area contributed by atoms with Crippen LogP contribution in [0, 0.1) is 10.1 Å². The standard InChI is InChI=1S/C19H23N3O5/c1-21(15-7-4-3-5-8-15)12-6-11-20-19(23)14-27-18-10-9-16(26-2)13-17(18)22(24)25/h3-5,7-10,13H,6,11-12,14H2,1-2H3,(H,20,23). The molecule has 1 N–H and O–H groups in total. The van der Waals surface area contributed by atoms with Crippen LogP contribution in [0.4, 0.5) is 11.4 Å². The van der Waals surface area contributed by atoms with Crippen LogP contribution < -0.4 is 19.7 Å². The lowest BCUT2D eigenvalue weighted by Gasteiger charge is -2.19. The van der Waals surface area contributed by atoms with E-state index in [9.17, 15) is 14.9 Å². The molecule has 0 fully saturated rings. The molecule has 0 aliphatic carbocycles. The van der Waals surface area contributed by atoms with Crippen molar-refractivity contribution in [3.05, 3.63) is 58.6 Å². The number of nitro groups is 1. The van der Waals surface area contributed by atoms with Gasteiger partial charge in [-0.2, -0.15) is 0 Å². The van der Waals surface area contributed by atoms with E-state index in [1.165, 1.54) is 19.2 Å². The lowest BCUT2D eigenvalue weighted by Crippen LogP contribution is -2.31. The molecule has 0 aliphatic rings. The summed E-state index contributed by atoms with van der Waals surface area (Å²) in [6.07, 6.45) is 0.764. The second kappa shape index (κ2) is 10.0. The predicted molar refractivity (Wildman–Crippen MR) is 102 cm³/mol. The molecular weight excluding hydrogens is 350 g/mol. The molecule has 2 aromatic rings. The van der Waals surface area contributed by atoms with Crippen LogP contribution in [0.15, 0.2) is 48.5 Å². The number of hydrogen-bond acceptors (Lipinski definition) is 6. The van der Waals surface area contributed by atoms with Crippen molar-refractivity contribution in [2.24, 2.45) is 0 Å². The second-order valence-electron chi connectivity index (χ2n) is 5.84. The summed E-state index contributed by atoms with van der Waals surface area (Å²) in [6, 6.07) is 14.2. The van der Waals surface area contributed by atoms with E-state index >= 15 is 0 Å². The number of para-hydroxylation sites is 1. The Kier molecular flexibility index (Phi) is 7.42. The van der Waals surface area contributed by atoms with Crippen molar-refractivity contribution >= 4 is 17.3 Å².